The van der Waals surface area contributed by atoms with Crippen LogP contribution in [0.15, 0.2) is 66.1 Å². The molecule has 0 aliphatic heterocycles. The highest BCUT2D eigenvalue weighted by Crippen LogP contribution is 2.30. The fourth-order valence-corrected chi connectivity index (χ4v) is 3.54. The van der Waals surface area contributed by atoms with E-state index in [0.717, 1.165) is 28.1 Å². The number of thiophene rings is 1. The maximum Gasteiger partial charge on any atom is 0.416 e. The summed E-state index contributed by atoms with van der Waals surface area (Å²) in [6.45, 7) is 0.262. The minimum Gasteiger partial charge on any atom is -0.490 e. The van der Waals surface area contributed by atoms with E-state index in [1.54, 1.807) is 18.2 Å². The van der Waals surface area contributed by atoms with E-state index in [4.69, 9.17) is 9.84 Å². The molecule has 0 unspecified atom stereocenters. The fourth-order valence-electron chi connectivity index (χ4n) is 2.65. The molecule has 3 aromatic rings. The summed E-state index contributed by atoms with van der Waals surface area (Å²) in [4.78, 5) is 11.6. The van der Waals surface area contributed by atoms with Gasteiger partial charge in [-0.2, -0.15) is 13.2 Å². The number of hydrogen-bond acceptors (Lipinski definition) is 3. The largest absolute Gasteiger partial charge is 0.490 e. The summed E-state index contributed by atoms with van der Waals surface area (Å²) in [5, 5.41) is 10.8. The molecule has 0 aliphatic carbocycles. The van der Waals surface area contributed by atoms with E-state index in [1.165, 1.54) is 23.5 Å². The van der Waals surface area contributed by atoms with Gasteiger partial charge in [0.1, 0.15) is 12.4 Å². The minimum atomic E-state index is -4.34. The maximum absolute atomic E-state index is 12.6. The topological polar surface area (TPSA) is 46.5 Å². The van der Waals surface area contributed by atoms with Crippen LogP contribution < -0.4 is 4.74 Å². The Morgan fingerprint density at radius 1 is 1.07 bits per heavy atom. The third kappa shape index (κ3) is 5.96. The van der Waals surface area contributed by atoms with Crippen LogP contribution in [0.3, 0.4) is 0 Å². The molecule has 0 aliphatic rings. The monoisotopic (exact) mass is 418 g/mol. The summed E-state index contributed by atoms with van der Waals surface area (Å²) in [6.07, 6.45) is -0.922. The predicted octanol–water partition coefficient (Wildman–Crippen LogP) is 6.15. The lowest BCUT2D eigenvalue weighted by Crippen LogP contribution is -2.03. The molecule has 150 valence electrons. The van der Waals surface area contributed by atoms with Crippen molar-refractivity contribution in [2.24, 2.45) is 0 Å². The van der Waals surface area contributed by atoms with Gasteiger partial charge in [-0.05, 0) is 58.5 Å². The van der Waals surface area contributed by atoms with E-state index in [-0.39, 0.29) is 13.0 Å². The van der Waals surface area contributed by atoms with Gasteiger partial charge in [-0.1, -0.05) is 30.3 Å². The van der Waals surface area contributed by atoms with E-state index >= 15 is 0 Å². The highest BCUT2D eigenvalue weighted by atomic mass is 32.1. The molecule has 0 atom stereocenters. The van der Waals surface area contributed by atoms with Crippen molar-refractivity contribution in [1.29, 1.82) is 0 Å². The molecule has 0 fully saturated rings. The highest BCUT2D eigenvalue weighted by molar-refractivity contribution is 7.10. The summed E-state index contributed by atoms with van der Waals surface area (Å²) in [5.41, 5.74) is 1.82. The van der Waals surface area contributed by atoms with E-state index in [1.807, 2.05) is 29.6 Å². The lowest BCUT2D eigenvalue weighted by molar-refractivity contribution is -0.138. The van der Waals surface area contributed by atoms with E-state index < -0.39 is 17.7 Å². The SMILES string of the molecule is O=C(O)Cc1cc(-c2cccc(OCC=Cc3ccc(C(F)(F)F)cc3)c2)cs1. The average Bonchev–Trinajstić information content (AvgIpc) is 3.13. The van der Waals surface area contributed by atoms with Gasteiger partial charge in [0.2, 0.25) is 0 Å². The highest BCUT2D eigenvalue weighted by Gasteiger charge is 2.29. The fraction of sp³-hybridized carbons (Fsp3) is 0.136. The van der Waals surface area contributed by atoms with Gasteiger partial charge in [0.15, 0.2) is 0 Å². The quantitative estimate of drug-likeness (QED) is 0.500. The van der Waals surface area contributed by atoms with Gasteiger partial charge in [-0.3, -0.25) is 4.79 Å². The van der Waals surface area contributed by atoms with Gasteiger partial charge >= 0.3 is 12.1 Å². The van der Waals surface area contributed by atoms with Crippen molar-refractivity contribution in [3.05, 3.63) is 82.1 Å². The molecule has 1 N–H and O–H groups in total. The van der Waals surface area contributed by atoms with Crippen molar-refractivity contribution in [3.63, 3.8) is 0 Å². The molecular weight excluding hydrogens is 401 g/mol. The maximum atomic E-state index is 12.6. The van der Waals surface area contributed by atoms with Crippen LogP contribution in [-0.4, -0.2) is 17.7 Å². The number of rotatable bonds is 7. The van der Waals surface area contributed by atoms with Crippen LogP contribution in [-0.2, 0) is 17.4 Å². The Morgan fingerprint density at radius 2 is 1.83 bits per heavy atom. The predicted molar refractivity (Wildman–Crippen MR) is 107 cm³/mol. The van der Waals surface area contributed by atoms with Crippen molar-refractivity contribution in [2.45, 2.75) is 12.6 Å². The van der Waals surface area contributed by atoms with Gasteiger partial charge < -0.3 is 9.84 Å². The first kappa shape index (κ1) is 20.7. The summed E-state index contributed by atoms with van der Waals surface area (Å²) >= 11 is 1.40. The Balaban J connectivity index is 1.59. The Hall–Kier alpha value is -3.06. The molecule has 7 heteroatoms. The molecule has 0 saturated carbocycles. The lowest BCUT2D eigenvalue weighted by Gasteiger charge is -2.06. The first-order valence-electron chi connectivity index (χ1n) is 8.67. The second-order valence-electron chi connectivity index (χ2n) is 6.23. The van der Waals surface area contributed by atoms with Gasteiger partial charge in [-0.25, -0.2) is 0 Å². The van der Waals surface area contributed by atoms with Crippen LogP contribution >= 0.6 is 11.3 Å². The summed E-state index contributed by atoms with van der Waals surface area (Å²) in [6, 6.07) is 14.2. The zero-order chi connectivity index (χ0) is 20.9. The standard InChI is InChI=1S/C22H17F3O3S/c23-22(24,25)18-8-6-15(7-9-18)3-2-10-28-19-5-1-4-16(11-19)17-12-20(29-14-17)13-21(26)27/h1-9,11-12,14H,10,13H2,(H,26,27). The van der Waals surface area contributed by atoms with Crippen LogP contribution in [0.1, 0.15) is 16.0 Å². The zero-order valence-corrected chi connectivity index (χ0v) is 16.0. The van der Waals surface area contributed by atoms with Crippen molar-refractivity contribution >= 4 is 23.4 Å². The second kappa shape index (κ2) is 8.96. The second-order valence-corrected chi connectivity index (χ2v) is 7.23. The van der Waals surface area contributed by atoms with Crippen LogP contribution in [0.5, 0.6) is 5.75 Å². The van der Waals surface area contributed by atoms with E-state index in [0.29, 0.717) is 11.3 Å². The number of hydrogen-bond donors (Lipinski definition) is 1. The molecule has 2 aromatic carbocycles. The third-order valence-corrected chi connectivity index (χ3v) is 4.98. The lowest BCUT2D eigenvalue weighted by atomic mass is 10.1. The van der Waals surface area contributed by atoms with Crippen molar-refractivity contribution < 1.29 is 27.8 Å². The summed E-state index contributed by atoms with van der Waals surface area (Å²) in [7, 11) is 0. The smallest absolute Gasteiger partial charge is 0.416 e. The number of alkyl halides is 3. The summed E-state index contributed by atoms with van der Waals surface area (Å²) < 4.78 is 43.4. The van der Waals surface area contributed by atoms with Crippen molar-refractivity contribution in [1.82, 2.24) is 0 Å². The van der Waals surface area contributed by atoms with Crippen LogP contribution in [0.4, 0.5) is 13.2 Å². The Morgan fingerprint density at radius 3 is 2.52 bits per heavy atom. The molecule has 3 nitrogen and oxygen atoms in total. The molecule has 3 rings (SSSR count). The first-order valence-corrected chi connectivity index (χ1v) is 9.55. The Bertz CT molecular complexity index is 1000. The van der Waals surface area contributed by atoms with Gasteiger partial charge in [0, 0.05) is 4.88 Å². The Kier molecular flexibility index (Phi) is 6.39. The first-order chi connectivity index (χ1) is 13.8. The molecule has 29 heavy (non-hydrogen) atoms. The molecule has 0 radical (unpaired) electrons. The average molecular weight is 418 g/mol. The number of carbonyl (C=O) groups is 1. The molecule has 0 bridgehead atoms. The molecule has 1 aromatic heterocycles. The number of halogens is 3. The van der Waals surface area contributed by atoms with Crippen LogP contribution in [0.25, 0.3) is 17.2 Å². The minimum absolute atomic E-state index is 0.00436. The van der Waals surface area contributed by atoms with Gasteiger partial charge in [-0.15, -0.1) is 11.3 Å². The van der Waals surface area contributed by atoms with Crippen LogP contribution in [0.2, 0.25) is 0 Å². The van der Waals surface area contributed by atoms with Crippen molar-refractivity contribution in [2.75, 3.05) is 6.61 Å². The number of carboxylic acids is 1. The van der Waals surface area contributed by atoms with Gasteiger partial charge in [0.25, 0.3) is 0 Å². The zero-order valence-electron chi connectivity index (χ0n) is 15.1. The third-order valence-electron chi connectivity index (χ3n) is 4.04. The molecular formula is C22H17F3O3S. The number of carboxylic acid groups (broad SMARTS) is 1. The summed E-state index contributed by atoms with van der Waals surface area (Å²) in [5.74, 6) is -0.221. The number of benzene rings is 2. The molecule has 1 heterocycles. The van der Waals surface area contributed by atoms with Crippen LogP contribution in [0, 0.1) is 0 Å². The molecule has 0 saturated heterocycles. The van der Waals surface area contributed by atoms with Gasteiger partial charge in [0.05, 0.1) is 12.0 Å². The van der Waals surface area contributed by atoms with E-state index in [9.17, 15) is 18.0 Å². The molecule has 0 spiro atoms. The Labute approximate surface area is 169 Å². The molecule has 0 amide bonds. The normalized spacial score (nSPS) is 11.7. The number of aliphatic carboxylic acids is 1. The van der Waals surface area contributed by atoms with E-state index in [2.05, 4.69) is 0 Å². The number of ether oxygens (including phenoxy) is 1. The van der Waals surface area contributed by atoms with Crippen molar-refractivity contribution in [3.8, 4) is 16.9 Å².